The van der Waals surface area contributed by atoms with Crippen molar-refractivity contribution < 1.29 is 4.79 Å². The highest BCUT2D eigenvalue weighted by molar-refractivity contribution is 5.92. The number of rotatable bonds is 4. The first-order valence-corrected chi connectivity index (χ1v) is 7.53. The number of para-hydroxylation sites is 1. The molecule has 22 heavy (non-hydrogen) atoms. The zero-order valence-corrected chi connectivity index (χ0v) is 12.7. The van der Waals surface area contributed by atoms with E-state index in [0.717, 1.165) is 18.5 Å². The van der Waals surface area contributed by atoms with Crippen LogP contribution in [0.3, 0.4) is 0 Å². The number of hydrogen-bond donors (Lipinski definition) is 1. The van der Waals surface area contributed by atoms with Gasteiger partial charge in [-0.3, -0.25) is 9.59 Å². The number of carbonyl (C=O) groups is 1. The van der Waals surface area contributed by atoms with Gasteiger partial charge in [0, 0.05) is 17.8 Å². The minimum absolute atomic E-state index is 0.0537. The van der Waals surface area contributed by atoms with Crippen molar-refractivity contribution in [1.29, 1.82) is 0 Å². The van der Waals surface area contributed by atoms with Gasteiger partial charge < -0.3 is 5.32 Å². The predicted octanol–water partition coefficient (Wildman–Crippen LogP) is 2.07. The molecule has 1 heterocycles. The average molecular weight is 297 g/mol. The summed E-state index contributed by atoms with van der Waals surface area (Å²) in [6.07, 6.45) is 2.27. The van der Waals surface area contributed by atoms with Crippen molar-refractivity contribution in [3.05, 3.63) is 58.0 Å². The molecule has 1 fully saturated rings. The third kappa shape index (κ3) is 2.93. The van der Waals surface area contributed by atoms with E-state index in [4.69, 9.17) is 0 Å². The summed E-state index contributed by atoms with van der Waals surface area (Å²) in [6, 6.07) is 11.0. The highest BCUT2D eigenvalue weighted by Crippen LogP contribution is 2.32. The van der Waals surface area contributed by atoms with Crippen molar-refractivity contribution >= 4 is 5.91 Å². The zero-order valence-electron chi connectivity index (χ0n) is 12.7. The van der Waals surface area contributed by atoms with Gasteiger partial charge in [-0.1, -0.05) is 18.2 Å². The molecule has 0 spiro atoms. The monoisotopic (exact) mass is 297 g/mol. The number of nitrogens with zero attached hydrogens (tertiary/aromatic N) is 2. The molecule has 1 saturated carbocycles. The summed E-state index contributed by atoms with van der Waals surface area (Å²) >= 11 is 0. The smallest absolute Gasteiger partial charge is 0.276 e. The number of nitrogens with one attached hydrogen (secondary N) is 1. The Morgan fingerprint density at radius 3 is 2.64 bits per heavy atom. The van der Waals surface area contributed by atoms with E-state index >= 15 is 0 Å². The lowest BCUT2D eigenvalue weighted by molar-refractivity contribution is 0.0927. The molecular weight excluding hydrogens is 278 g/mol. The molecule has 5 heteroatoms. The minimum atomic E-state index is -0.394. The van der Waals surface area contributed by atoms with Gasteiger partial charge in [-0.05, 0) is 44.7 Å². The van der Waals surface area contributed by atoms with E-state index in [9.17, 15) is 9.59 Å². The van der Waals surface area contributed by atoms with Crippen molar-refractivity contribution in [2.75, 3.05) is 0 Å². The van der Waals surface area contributed by atoms with Crippen LogP contribution >= 0.6 is 0 Å². The van der Waals surface area contributed by atoms with Crippen LogP contribution in [0.4, 0.5) is 0 Å². The molecule has 1 amide bonds. The molecule has 5 nitrogen and oxygen atoms in total. The molecule has 0 aliphatic heterocycles. The summed E-state index contributed by atoms with van der Waals surface area (Å²) in [5, 5.41) is 7.15. The third-order valence-corrected chi connectivity index (χ3v) is 4.01. The van der Waals surface area contributed by atoms with Crippen LogP contribution in [0.1, 0.15) is 35.9 Å². The Morgan fingerprint density at radius 2 is 2.00 bits per heavy atom. The number of amides is 1. The molecule has 0 unspecified atom stereocenters. The van der Waals surface area contributed by atoms with E-state index in [-0.39, 0.29) is 17.2 Å². The van der Waals surface area contributed by atoms with Crippen LogP contribution in [0.25, 0.3) is 5.69 Å². The quantitative estimate of drug-likeness (QED) is 0.939. The van der Waals surface area contributed by atoms with Crippen LogP contribution in [0.5, 0.6) is 0 Å². The van der Waals surface area contributed by atoms with E-state index in [2.05, 4.69) is 10.4 Å². The lowest BCUT2D eigenvalue weighted by atomic mass is 10.2. The van der Waals surface area contributed by atoms with E-state index in [1.165, 1.54) is 6.07 Å². The predicted molar refractivity (Wildman–Crippen MR) is 84.2 cm³/mol. The van der Waals surface area contributed by atoms with Gasteiger partial charge in [-0.2, -0.15) is 5.10 Å². The Labute approximate surface area is 129 Å². The number of hydrogen-bond acceptors (Lipinski definition) is 3. The molecule has 1 aromatic heterocycles. The van der Waals surface area contributed by atoms with Crippen molar-refractivity contribution in [3.63, 3.8) is 0 Å². The van der Waals surface area contributed by atoms with Crippen molar-refractivity contribution in [2.45, 2.75) is 32.7 Å². The molecule has 2 aromatic rings. The van der Waals surface area contributed by atoms with Crippen LogP contribution in [-0.2, 0) is 0 Å². The molecule has 1 atom stereocenters. The van der Waals surface area contributed by atoms with E-state index in [0.29, 0.717) is 11.6 Å². The van der Waals surface area contributed by atoms with E-state index in [1.54, 1.807) is 11.6 Å². The second-order valence-electron chi connectivity index (χ2n) is 5.85. The Morgan fingerprint density at radius 1 is 1.32 bits per heavy atom. The third-order valence-electron chi connectivity index (χ3n) is 4.01. The fourth-order valence-electron chi connectivity index (χ4n) is 2.52. The van der Waals surface area contributed by atoms with Gasteiger partial charge in [0.25, 0.3) is 5.91 Å². The van der Waals surface area contributed by atoms with Crippen LogP contribution in [0.15, 0.2) is 41.2 Å². The van der Waals surface area contributed by atoms with Gasteiger partial charge in [-0.15, -0.1) is 0 Å². The van der Waals surface area contributed by atoms with E-state index < -0.39 is 5.91 Å². The van der Waals surface area contributed by atoms with Crippen LogP contribution in [-0.4, -0.2) is 21.7 Å². The largest absolute Gasteiger partial charge is 0.348 e. The van der Waals surface area contributed by atoms with Crippen LogP contribution < -0.4 is 10.7 Å². The summed E-state index contributed by atoms with van der Waals surface area (Å²) < 4.78 is 1.62. The van der Waals surface area contributed by atoms with Gasteiger partial charge in [0.05, 0.1) is 5.69 Å². The average Bonchev–Trinajstić information content (AvgIpc) is 3.32. The Hall–Kier alpha value is -2.43. The summed E-state index contributed by atoms with van der Waals surface area (Å²) in [7, 11) is 0. The molecule has 1 aliphatic rings. The van der Waals surface area contributed by atoms with Crippen molar-refractivity contribution in [2.24, 2.45) is 5.92 Å². The molecule has 114 valence electrons. The van der Waals surface area contributed by atoms with Gasteiger partial charge in [0.2, 0.25) is 5.43 Å². The molecule has 0 bridgehead atoms. The summed E-state index contributed by atoms with van der Waals surface area (Å²) in [5.74, 6) is 0.139. The minimum Gasteiger partial charge on any atom is -0.348 e. The molecule has 1 aliphatic carbocycles. The lowest BCUT2D eigenvalue weighted by Crippen LogP contribution is -2.38. The second kappa shape index (κ2) is 5.75. The zero-order chi connectivity index (χ0) is 15.7. The Bertz CT molecular complexity index is 748. The summed E-state index contributed by atoms with van der Waals surface area (Å²) in [6.45, 7) is 3.77. The molecule has 1 aromatic carbocycles. The first-order valence-electron chi connectivity index (χ1n) is 7.53. The fourth-order valence-corrected chi connectivity index (χ4v) is 2.52. The first kappa shape index (κ1) is 14.5. The second-order valence-corrected chi connectivity index (χ2v) is 5.85. The lowest BCUT2D eigenvalue weighted by Gasteiger charge is -2.14. The van der Waals surface area contributed by atoms with Gasteiger partial charge >= 0.3 is 0 Å². The Kier molecular flexibility index (Phi) is 3.79. The fraction of sp³-hybridized carbons (Fsp3) is 0.353. The van der Waals surface area contributed by atoms with Crippen molar-refractivity contribution in [3.8, 4) is 5.69 Å². The number of aryl methyl sites for hydroxylation is 1. The molecule has 1 N–H and O–H groups in total. The SMILES string of the molecule is Cc1cc(=O)c(C(=O)N[C@@H](C)C2CC2)nn1-c1ccccc1. The summed E-state index contributed by atoms with van der Waals surface area (Å²) in [5.41, 5.74) is 1.12. The first-order chi connectivity index (χ1) is 10.6. The maximum atomic E-state index is 12.3. The molecule has 3 rings (SSSR count). The number of carbonyl (C=O) groups excluding carboxylic acids is 1. The normalized spacial score (nSPS) is 15.4. The maximum absolute atomic E-state index is 12.3. The number of benzene rings is 1. The highest BCUT2D eigenvalue weighted by Gasteiger charge is 2.30. The van der Waals surface area contributed by atoms with Gasteiger partial charge in [0.15, 0.2) is 5.69 Å². The Balaban J connectivity index is 1.94. The van der Waals surface area contributed by atoms with Gasteiger partial charge in [0.1, 0.15) is 0 Å². The topological polar surface area (TPSA) is 64.0 Å². The summed E-state index contributed by atoms with van der Waals surface area (Å²) in [4.78, 5) is 24.4. The molecule has 0 radical (unpaired) electrons. The molecular formula is C17H19N3O2. The molecule has 0 saturated heterocycles. The highest BCUT2D eigenvalue weighted by atomic mass is 16.2. The maximum Gasteiger partial charge on any atom is 0.276 e. The van der Waals surface area contributed by atoms with Crippen LogP contribution in [0, 0.1) is 12.8 Å². The van der Waals surface area contributed by atoms with Crippen LogP contribution in [0.2, 0.25) is 0 Å². The standard InChI is InChI=1S/C17H19N3O2/c1-11-10-15(21)16(17(22)18-12(2)13-8-9-13)19-20(11)14-6-4-3-5-7-14/h3-7,10,12-13H,8-9H2,1-2H3,(H,18,22)/t12-/m0/s1. The van der Waals surface area contributed by atoms with E-state index in [1.807, 2.05) is 37.3 Å². The van der Waals surface area contributed by atoms with Gasteiger partial charge in [-0.25, -0.2) is 4.68 Å². The van der Waals surface area contributed by atoms with Crippen molar-refractivity contribution in [1.82, 2.24) is 15.1 Å². The number of aromatic nitrogens is 2.